The third-order valence-electron chi connectivity index (χ3n) is 2.31. The van der Waals surface area contributed by atoms with Crippen molar-refractivity contribution < 1.29 is 9.66 Å². The number of aromatic nitrogens is 1. The molecule has 1 fully saturated rings. The van der Waals surface area contributed by atoms with Crippen LogP contribution < -0.4 is 4.90 Å². The van der Waals surface area contributed by atoms with E-state index < -0.39 is 4.92 Å². The molecular weight excluding hydrogens is 234 g/mol. The molecule has 0 unspecified atom stereocenters. The van der Waals surface area contributed by atoms with Crippen LogP contribution in [0.25, 0.3) is 0 Å². The Labute approximate surface area is 96.9 Å². The van der Waals surface area contributed by atoms with Crippen LogP contribution in [0.5, 0.6) is 0 Å². The summed E-state index contributed by atoms with van der Waals surface area (Å²) < 4.78 is 5.19. The normalized spacial score (nSPS) is 16.2. The first-order valence-corrected chi connectivity index (χ1v) is 5.19. The summed E-state index contributed by atoms with van der Waals surface area (Å²) in [6, 6.07) is 2.67. The fraction of sp³-hybridized carbons (Fsp3) is 0.444. The third-order valence-corrected chi connectivity index (χ3v) is 2.50. The van der Waals surface area contributed by atoms with Crippen molar-refractivity contribution in [1.82, 2.24) is 4.98 Å². The summed E-state index contributed by atoms with van der Waals surface area (Å²) in [5, 5.41) is 10.8. The number of nitrogens with zero attached hydrogens (tertiary/aromatic N) is 3. The van der Waals surface area contributed by atoms with E-state index in [0.717, 1.165) is 0 Å². The summed E-state index contributed by atoms with van der Waals surface area (Å²) in [5.41, 5.74) is -0.0403. The fourth-order valence-corrected chi connectivity index (χ4v) is 1.73. The Hall–Kier alpha value is -1.40. The third kappa shape index (κ3) is 2.40. The van der Waals surface area contributed by atoms with Crippen molar-refractivity contribution in [3.05, 3.63) is 27.4 Å². The second kappa shape index (κ2) is 4.63. The van der Waals surface area contributed by atoms with Gasteiger partial charge in [-0.25, -0.2) is 4.98 Å². The molecule has 1 aromatic heterocycles. The predicted molar refractivity (Wildman–Crippen MR) is 58.9 cm³/mol. The SMILES string of the molecule is O=[N+]([O-])c1cc(Cl)nc(N2CCOCC2)c1. The highest BCUT2D eigenvalue weighted by atomic mass is 35.5. The van der Waals surface area contributed by atoms with Gasteiger partial charge >= 0.3 is 0 Å². The number of ether oxygens (including phenoxy) is 1. The Morgan fingerprint density at radius 3 is 2.75 bits per heavy atom. The first-order chi connectivity index (χ1) is 7.66. The van der Waals surface area contributed by atoms with Gasteiger partial charge in [-0.1, -0.05) is 11.6 Å². The molecule has 0 saturated carbocycles. The second-order valence-electron chi connectivity index (χ2n) is 3.36. The van der Waals surface area contributed by atoms with E-state index in [1.54, 1.807) is 0 Å². The van der Waals surface area contributed by atoms with Gasteiger partial charge in [0, 0.05) is 13.1 Å². The van der Waals surface area contributed by atoms with Crippen LogP contribution in [-0.2, 0) is 4.74 Å². The van der Waals surface area contributed by atoms with Gasteiger partial charge in [0.2, 0.25) is 0 Å². The molecule has 0 N–H and O–H groups in total. The van der Waals surface area contributed by atoms with Crippen molar-refractivity contribution in [3.8, 4) is 0 Å². The quantitative estimate of drug-likeness (QED) is 0.447. The molecule has 1 saturated heterocycles. The summed E-state index contributed by atoms with van der Waals surface area (Å²) >= 11 is 5.74. The minimum atomic E-state index is -0.475. The Bertz CT molecular complexity index is 407. The van der Waals surface area contributed by atoms with Crippen LogP contribution in [0, 0.1) is 10.1 Å². The zero-order valence-corrected chi connectivity index (χ0v) is 9.18. The van der Waals surface area contributed by atoms with Gasteiger partial charge < -0.3 is 9.64 Å². The van der Waals surface area contributed by atoms with Gasteiger partial charge in [-0.05, 0) is 0 Å². The van der Waals surface area contributed by atoms with E-state index in [1.807, 2.05) is 4.90 Å². The van der Waals surface area contributed by atoms with Crippen LogP contribution in [0.2, 0.25) is 5.15 Å². The summed E-state index contributed by atoms with van der Waals surface area (Å²) in [5.74, 6) is 0.530. The predicted octanol–water partition coefficient (Wildman–Crippen LogP) is 1.48. The molecule has 6 nitrogen and oxygen atoms in total. The number of hydrogen-bond donors (Lipinski definition) is 0. The number of nitro groups is 1. The van der Waals surface area contributed by atoms with Crippen molar-refractivity contribution in [3.63, 3.8) is 0 Å². The number of anilines is 1. The Morgan fingerprint density at radius 2 is 2.12 bits per heavy atom. The first-order valence-electron chi connectivity index (χ1n) is 4.81. The van der Waals surface area contributed by atoms with Crippen molar-refractivity contribution in [2.24, 2.45) is 0 Å². The van der Waals surface area contributed by atoms with Gasteiger partial charge in [0.05, 0.1) is 30.3 Å². The molecule has 0 bridgehead atoms. The second-order valence-corrected chi connectivity index (χ2v) is 3.75. The Kier molecular flexibility index (Phi) is 3.21. The summed E-state index contributed by atoms with van der Waals surface area (Å²) in [6.07, 6.45) is 0. The van der Waals surface area contributed by atoms with Gasteiger partial charge in [-0.3, -0.25) is 10.1 Å². The van der Waals surface area contributed by atoms with Crippen molar-refractivity contribution in [1.29, 1.82) is 0 Å². The zero-order valence-electron chi connectivity index (χ0n) is 8.43. The molecule has 0 aromatic carbocycles. The molecule has 2 rings (SSSR count). The van der Waals surface area contributed by atoms with E-state index in [2.05, 4.69) is 4.98 Å². The van der Waals surface area contributed by atoms with E-state index in [1.165, 1.54) is 12.1 Å². The summed E-state index contributed by atoms with van der Waals surface area (Å²) in [6.45, 7) is 2.54. The van der Waals surface area contributed by atoms with Gasteiger partial charge in [-0.2, -0.15) is 0 Å². The molecule has 16 heavy (non-hydrogen) atoms. The highest BCUT2D eigenvalue weighted by Crippen LogP contribution is 2.23. The van der Waals surface area contributed by atoms with Crippen LogP contribution in [0.15, 0.2) is 12.1 Å². The minimum Gasteiger partial charge on any atom is -0.378 e. The van der Waals surface area contributed by atoms with Crippen LogP contribution in [-0.4, -0.2) is 36.2 Å². The molecule has 2 heterocycles. The maximum Gasteiger partial charge on any atom is 0.276 e. The lowest BCUT2D eigenvalue weighted by molar-refractivity contribution is -0.384. The van der Waals surface area contributed by atoms with E-state index in [-0.39, 0.29) is 10.8 Å². The molecule has 0 spiro atoms. The topological polar surface area (TPSA) is 68.5 Å². The maximum absolute atomic E-state index is 10.7. The highest BCUT2D eigenvalue weighted by molar-refractivity contribution is 6.29. The first kappa shape index (κ1) is 11.1. The average Bonchev–Trinajstić information content (AvgIpc) is 2.29. The van der Waals surface area contributed by atoms with Gasteiger partial charge in [0.15, 0.2) is 0 Å². The molecular formula is C9H10ClN3O3. The molecule has 0 aliphatic carbocycles. The van der Waals surface area contributed by atoms with Crippen LogP contribution in [0.4, 0.5) is 11.5 Å². The van der Waals surface area contributed by atoms with Crippen molar-refractivity contribution in [2.45, 2.75) is 0 Å². The summed E-state index contributed by atoms with van der Waals surface area (Å²) in [4.78, 5) is 16.2. The van der Waals surface area contributed by atoms with E-state index in [9.17, 15) is 10.1 Å². The number of pyridine rings is 1. The lowest BCUT2D eigenvalue weighted by Gasteiger charge is -2.27. The van der Waals surface area contributed by atoms with Gasteiger partial charge in [0.25, 0.3) is 5.69 Å². The van der Waals surface area contributed by atoms with Crippen molar-refractivity contribution in [2.75, 3.05) is 31.2 Å². The standard InChI is InChI=1S/C9H10ClN3O3/c10-8-5-7(13(14)15)6-9(11-8)12-1-3-16-4-2-12/h5-6H,1-4H2. The van der Waals surface area contributed by atoms with E-state index >= 15 is 0 Å². The Balaban J connectivity index is 2.28. The molecule has 0 atom stereocenters. The monoisotopic (exact) mass is 243 g/mol. The average molecular weight is 244 g/mol. The number of rotatable bonds is 2. The number of halogens is 1. The highest BCUT2D eigenvalue weighted by Gasteiger charge is 2.17. The zero-order chi connectivity index (χ0) is 11.5. The van der Waals surface area contributed by atoms with E-state index in [0.29, 0.717) is 32.1 Å². The lowest BCUT2D eigenvalue weighted by atomic mass is 10.3. The largest absolute Gasteiger partial charge is 0.378 e. The smallest absolute Gasteiger partial charge is 0.276 e. The fourth-order valence-electron chi connectivity index (χ4n) is 1.53. The molecule has 7 heteroatoms. The molecule has 0 radical (unpaired) electrons. The molecule has 1 aromatic rings. The molecule has 1 aliphatic rings. The summed E-state index contributed by atoms with van der Waals surface area (Å²) in [7, 11) is 0. The minimum absolute atomic E-state index is 0.0403. The molecule has 1 aliphatic heterocycles. The Morgan fingerprint density at radius 1 is 1.44 bits per heavy atom. The molecule has 0 amide bonds. The maximum atomic E-state index is 10.7. The van der Waals surface area contributed by atoms with Crippen LogP contribution in [0.1, 0.15) is 0 Å². The van der Waals surface area contributed by atoms with Crippen LogP contribution >= 0.6 is 11.6 Å². The van der Waals surface area contributed by atoms with E-state index in [4.69, 9.17) is 16.3 Å². The number of hydrogen-bond acceptors (Lipinski definition) is 5. The van der Waals surface area contributed by atoms with Gasteiger partial charge in [0.1, 0.15) is 11.0 Å². The molecule has 86 valence electrons. The number of morpholine rings is 1. The lowest BCUT2D eigenvalue weighted by Crippen LogP contribution is -2.36. The van der Waals surface area contributed by atoms with Crippen LogP contribution in [0.3, 0.4) is 0 Å². The van der Waals surface area contributed by atoms with Gasteiger partial charge in [-0.15, -0.1) is 0 Å². The van der Waals surface area contributed by atoms with Crippen molar-refractivity contribution >= 4 is 23.1 Å².